The first kappa shape index (κ1) is 54.2. The van der Waals surface area contributed by atoms with Gasteiger partial charge in [-0.25, -0.2) is 37.8 Å². The summed E-state index contributed by atoms with van der Waals surface area (Å²) in [6.07, 6.45) is -17.3. The van der Waals surface area contributed by atoms with E-state index in [9.17, 15) is 62.7 Å². The molecule has 1 amide bonds. The number of nitrogens with two attached hydrogens (primary N) is 2. The highest BCUT2D eigenvalue weighted by Gasteiger charge is 2.51. The Labute approximate surface area is 361 Å². The van der Waals surface area contributed by atoms with Crippen LogP contribution in [-0.2, 0) is 54.9 Å². The third-order valence-corrected chi connectivity index (χ3v) is 12.3. The highest BCUT2D eigenvalue weighted by atomic mass is 31.3. The van der Waals surface area contributed by atoms with Crippen LogP contribution in [0.5, 0.6) is 0 Å². The Hall–Kier alpha value is -3.44. The van der Waals surface area contributed by atoms with Crippen molar-refractivity contribution in [3.05, 3.63) is 42.7 Å². The molecule has 0 spiro atoms. The molecule has 0 aromatic carbocycles. The fraction of sp³-hybridized carbons (Fsp3) is 0.556. The molecule has 2 aliphatic rings. The smallest absolute Gasteiger partial charge is 0.478 e. The first-order chi connectivity index (χ1) is 29.9. The number of hydrogen-bond donors (Lipinski definition) is 15. The van der Waals surface area contributed by atoms with Crippen molar-refractivity contribution in [2.75, 3.05) is 25.6 Å². The van der Waals surface area contributed by atoms with Crippen LogP contribution in [0, 0.1) is 0 Å². The number of aliphatic hydroxyl groups is 7. The van der Waals surface area contributed by atoms with Crippen molar-refractivity contribution < 1.29 is 135 Å². The van der Waals surface area contributed by atoms with Crippen LogP contribution in [0.2, 0.25) is 0 Å². The number of imidazole rings is 1. The lowest BCUT2D eigenvalue weighted by atomic mass is 10.0. The van der Waals surface area contributed by atoms with Crippen molar-refractivity contribution in [1.29, 1.82) is 0 Å². The Morgan fingerprint density at radius 2 is 1.51 bits per heavy atom. The number of anilines is 1. The third-order valence-electron chi connectivity index (χ3n) is 8.71. The van der Waals surface area contributed by atoms with Crippen LogP contribution >= 0.6 is 31.3 Å². The molecular weight excluding hydrogens is 978 g/mol. The minimum absolute atomic E-state index is 0.00541. The van der Waals surface area contributed by atoms with Crippen molar-refractivity contribution in [1.82, 2.24) is 19.5 Å². The number of aliphatic hydroxyl groups excluding tert-OH is 7. The van der Waals surface area contributed by atoms with E-state index < -0.39 is 136 Å². The molecule has 2 aliphatic heterocycles. The van der Waals surface area contributed by atoms with Crippen LogP contribution in [0.3, 0.4) is 0 Å². The Bertz CT molecular complexity index is 2340. The van der Waals surface area contributed by atoms with Crippen molar-refractivity contribution in [3.8, 4) is 0 Å². The number of aliphatic carboxylic acids is 1. The van der Waals surface area contributed by atoms with E-state index in [4.69, 9.17) is 56.3 Å². The van der Waals surface area contributed by atoms with Crippen molar-refractivity contribution in [3.63, 3.8) is 0 Å². The number of carboxylic acids is 1. The SMILES string of the molecule is NC(=O)c1ccc[n+]([C@@H]2O[C@H](COP(=O)([O-])OP(=O)(O)OC[C@H]3O[C@@H](n4cnc5c(N)ncnc54)[C@H](OP(=O)(O)O)[C@@H]3O)[C@@H](O)[C@H]2O)c1.O=C(O)[C@H](O)[C@@H](O)[C@H](O)[C@H](O)COP(=O)(O)O. The van der Waals surface area contributed by atoms with Gasteiger partial charge in [-0.15, -0.1) is 0 Å². The number of aromatic nitrogens is 5. The van der Waals surface area contributed by atoms with Gasteiger partial charge < -0.3 is 95.7 Å². The van der Waals surface area contributed by atoms with Gasteiger partial charge in [-0.1, -0.05) is 0 Å². The number of phosphoric acid groups is 4. The van der Waals surface area contributed by atoms with Gasteiger partial charge in [0.1, 0.15) is 66.2 Å². The summed E-state index contributed by atoms with van der Waals surface area (Å²) in [4.78, 5) is 91.2. The van der Waals surface area contributed by atoms with Crippen LogP contribution in [0.4, 0.5) is 5.82 Å². The summed E-state index contributed by atoms with van der Waals surface area (Å²) < 4.78 is 81.9. The topological polar surface area (TPSA) is 553 Å². The number of ether oxygens (including phenoxy) is 2. The number of nitrogen functional groups attached to an aromatic ring is 1. The van der Waals surface area contributed by atoms with Gasteiger partial charge in [0.15, 0.2) is 42.3 Å². The van der Waals surface area contributed by atoms with E-state index in [-0.39, 0.29) is 22.5 Å². The molecule has 65 heavy (non-hydrogen) atoms. The maximum absolute atomic E-state index is 12.5. The summed E-state index contributed by atoms with van der Waals surface area (Å²) in [5.41, 5.74) is 11.1. The van der Waals surface area contributed by atoms with E-state index in [1.54, 1.807) is 0 Å². The van der Waals surface area contributed by atoms with Crippen LogP contribution in [0.15, 0.2) is 37.2 Å². The maximum Gasteiger partial charge on any atom is 0.478 e. The number of carboxylic acid groups (broad SMARTS) is 1. The van der Waals surface area contributed by atoms with Gasteiger partial charge in [0.25, 0.3) is 20.0 Å². The highest BCUT2D eigenvalue weighted by molar-refractivity contribution is 7.60. The lowest BCUT2D eigenvalue weighted by Crippen LogP contribution is -2.48. The first-order valence-electron chi connectivity index (χ1n) is 17.5. The zero-order chi connectivity index (χ0) is 49.0. The van der Waals surface area contributed by atoms with Gasteiger partial charge in [-0.2, -0.15) is 4.57 Å². The predicted octanol–water partition coefficient (Wildman–Crippen LogP) is -6.91. The molecule has 0 aliphatic carbocycles. The predicted molar refractivity (Wildman–Crippen MR) is 198 cm³/mol. The average molecular weight is 1020 g/mol. The Kier molecular flexibility index (Phi) is 18.1. The largest absolute Gasteiger partial charge is 0.756 e. The molecule has 14 atom stereocenters. The molecule has 3 aromatic rings. The Morgan fingerprint density at radius 1 is 0.877 bits per heavy atom. The minimum atomic E-state index is -5.72. The number of rotatable bonds is 20. The number of primary amides is 1. The molecule has 2 fully saturated rings. The second kappa shape index (κ2) is 21.7. The summed E-state index contributed by atoms with van der Waals surface area (Å²) in [7, 11) is -21.5. The van der Waals surface area contributed by atoms with Crippen molar-refractivity contribution in [2.24, 2.45) is 5.73 Å². The molecule has 5 rings (SSSR count). The molecule has 17 N–H and O–H groups in total. The summed E-state index contributed by atoms with van der Waals surface area (Å²) in [6, 6.07) is 2.77. The molecule has 34 nitrogen and oxygen atoms in total. The van der Waals surface area contributed by atoms with E-state index in [0.29, 0.717) is 0 Å². The first-order valence-corrected chi connectivity index (χ1v) is 23.6. The molecule has 2 unspecified atom stereocenters. The number of fused-ring (bicyclic) bond motifs is 1. The van der Waals surface area contributed by atoms with Gasteiger partial charge in [0.2, 0.25) is 0 Å². The van der Waals surface area contributed by atoms with Gasteiger partial charge >= 0.3 is 29.4 Å². The fourth-order valence-corrected chi connectivity index (χ4v) is 8.60. The minimum Gasteiger partial charge on any atom is -0.756 e. The Balaban J connectivity index is 0.000000461. The molecule has 38 heteroatoms. The number of pyridine rings is 1. The summed E-state index contributed by atoms with van der Waals surface area (Å²) in [5, 5.41) is 75.9. The molecule has 2 saturated heterocycles. The summed E-state index contributed by atoms with van der Waals surface area (Å²) >= 11 is 0. The van der Waals surface area contributed by atoms with Gasteiger partial charge in [-0.05, 0) is 6.07 Å². The van der Waals surface area contributed by atoms with E-state index in [0.717, 1.165) is 17.2 Å². The van der Waals surface area contributed by atoms with E-state index >= 15 is 0 Å². The number of amides is 1. The van der Waals surface area contributed by atoms with Gasteiger partial charge in [0, 0.05) is 6.07 Å². The molecule has 3 aromatic heterocycles. The molecule has 0 saturated carbocycles. The number of nitrogens with zero attached hydrogens (tertiary/aromatic N) is 5. The molecule has 366 valence electrons. The summed E-state index contributed by atoms with van der Waals surface area (Å²) in [5.74, 6) is -2.70. The zero-order valence-electron chi connectivity index (χ0n) is 32.2. The lowest BCUT2D eigenvalue weighted by molar-refractivity contribution is -0.765. The fourth-order valence-electron chi connectivity index (χ4n) is 5.66. The van der Waals surface area contributed by atoms with Crippen LogP contribution in [0.25, 0.3) is 11.2 Å². The normalized spacial score (nSPS) is 27.5. The molecule has 0 radical (unpaired) electrons. The van der Waals surface area contributed by atoms with Gasteiger partial charge in [0.05, 0.1) is 26.1 Å². The summed E-state index contributed by atoms with van der Waals surface area (Å²) in [6.45, 7) is -3.17. The third kappa shape index (κ3) is 14.8. The molecule has 0 bridgehead atoms. The van der Waals surface area contributed by atoms with Crippen LogP contribution in [-0.4, -0.2) is 178 Å². The van der Waals surface area contributed by atoms with Crippen LogP contribution < -0.4 is 20.9 Å². The number of carbonyl (C=O) groups excluding carboxylic acids is 1. The monoisotopic (exact) mass is 1020 g/mol. The van der Waals surface area contributed by atoms with Crippen molar-refractivity contribution >= 4 is 60.1 Å². The number of hydrogen-bond acceptors (Lipinski definition) is 25. The molecule has 5 heterocycles. The standard InChI is InChI=1S/C21H28N7O17P3.C6H13O10P/c22-17-12-19(25-7-24-17)28(8-26-12)21-16(44-46(33,34)35)14(30)11(43-21)6-41-48(38,39)45-47(36,37)40-5-10-13(29)15(31)20(42-10)27-3-1-2-9(4-27)18(23)32;7-2(1-16-17(13,14)15)3(8)4(9)5(10)6(11)12/h1-4,7-8,10-11,13-16,20-21,29-31H,5-6H2,(H7-,22,23,24,25,32,33,34,35,36,37,38,39);2-5,7-10H,1H2,(H,11,12)(H2,13,14,15)/t10-,11-,13-,14-,15-,16-,20-,21-;2-,3-,4+,5-/m11/s1. The second-order valence-electron chi connectivity index (χ2n) is 13.4. The van der Waals surface area contributed by atoms with Crippen LogP contribution in [0.1, 0.15) is 22.8 Å². The van der Waals surface area contributed by atoms with E-state index in [1.807, 2.05) is 0 Å². The zero-order valence-corrected chi connectivity index (χ0v) is 35.8. The maximum atomic E-state index is 12.5. The van der Waals surface area contributed by atoms with Gasteiger partial charge in [-0.3, -0.25) is 27.5 Å². The quantitative estimate of drug-likeness (QED) is 0.0369. The molecular formula is C27H41N7O27P4. The average Bonchev–Trinajstić information content (AvgIpc) is 3.86. The van der Waals surface area contributed by atoms with E-state index in [2.05, 4.69) is 37.4 Å². The second-order valence-corrected chi connectivity index (χ2v) is 18.8. The van der Waals surface area contributed by atoms with E-state index in [1.165, 1.54) is 29.1 Å². The Morgan fingerprint density at radius 3 is 2.11 bits per heavy atom. The number of phosphoric ester groups is 4. The highest BCUT2D eigenvalue weighted by Crippen LogP contribution is 2.59. The number of carbonyl (C=O) groups is 2. The van der Waals surface area contributed by atoms with Crippen molar-refractivity contribution in [2.45, 2.75) is 73.5 Å². The lowest BCUT2D eigenvalue weighted by Gasteiger charge is -2.26.